The van der Waals surface area contributed by atoms with E-state index in [0.29, 0.717) is 29.2 Å². The monoisotopic (exact) mass is 958 g/mol. The summed E-state index contributed by atoms with van der Waals surface area (Å²) >= 11 is -0.826. The summed E-state index contributed by atoms with van der Waals surface area (Å²) in [6, 6.07) is 31.4. The number of hydrogen-bond acceptors (Lipinski definition) is 0. The molecule has 0 nitrogen and oxygen atoms in total. The van der Waals surface area contributed by atoms with Crippen molar-refractivity contribution in [1.82, 2.24) is 0 Å². The Balaban J connectivity index is 0.000000285. The predicted molar refractivity (Wildman–Crippen MR) is 226 cm³/mol. The molecule has 59 heavy (non-hydrogen) atoms. The molecule has 1 atom stereocenters. The van der Waals surface area contributed by atoms with Crippen LogP contribution in [0.2, 0.25) is 13.1 Å². The molecule has 0 aliphatic rings. The van der Waals surface area contributed by atoms with Crippen LogP contribution < -0.4 is 0 Å². The van der Waals surface area contributed by atoms with Gasteiger partial charge < -0.3 is 0 Å². The van der Waals surface area contributed by atoms with Crippen molar-refractivity contribution in [1.29, 1.82) is 0 Å². The number of benzene rings is 4. The Hall–Kier alpha value is -2.85. The molecule has 13 heteroatoms. The number of hydrogen-bond donors (Lipinski definition) is 0. The number of alkyl halides is 9. The zero-order chi connectivity index (χ0) is 44.3. The third-order valence-electron chi connectivity index (χ3n) is 10.1. The summed E-state index contributed by atoms with van der Waals surface area (Å²) in [6.07, 6.45) is -16.7. The summed E-state index contributed by atoms with van der Waals surface area (Å²) in [5.41, 5.74) is -0.676. The molecule has 6 aromatic carbocycles. The number of rotatable bonds is 8. The van der Waals surface area contributed by atoms with E-state index in [4.69, 9.17) is 17.0 Å². The molecule has 2 radical (unpaired) electrons. The fourth-order valence-electron chi connectivity index (χ4n) is 7.07. The molecule has 0 aliphatic heterocycles. The molecule has 0 saturated heterocycles. The molecular formula is C46H47Cl2F9SiZr. The minimum absolute atomic E-state index is 0.207. The van der Waals surface area contributed by atoms with Crippen molar-refractivity contribution in [2.24, 2.45) is 0 Å². The first-order valence-corrected chi connectivity index (χ1v) is 27.3. The van der Waals surface area contributed by atoms with E-state index in [1.807, 2.05) is 19.1 Å². The molecule has 0 fully saturated rings. The van der Waals surface area contributed by atoms with E-state index in [1.165, 1.54) is 45.9 Å². The minimum atomic E-state index is -6.63. The summed E-state index contributed by atoms with van der Waals surface area (Å²) in [5, 5.41) is 4.27. The van der Waals surface area contributed by atoms with Gasteiger partial charge in [0.05, 0.1) is 0 Å². The van der Waals surface area contributed by atoms with Crippen LogP contribution in [0.25, 0.3) is 43.8 Å². The van der Waals surface area contributed by atoms with Crippen LogP contribution in [-0.4, -0.2) is 28.0 Å². The molecule has 6 rings (SSSR count). The van der Waals surface area contributed by atoms with Crippen LogP contribution >= 0.6 is 17.0 Å². The molecule has 0 aliphatic carbocycles. The molecule has 0 N–H and O–H groups in total. The van der Waals surface area contributed by atoms with Crippen molar-refractivity contribution in [2.45, 2.75) is 103 Å². The van der Waals surface area contributed by atoms with Gasteiger partial charge >= 0.3 is 56.4 Å². The van der Waals surface area contributed by atoms with E-state index in [9.17, 15) is 39.5 Å². The molecule has 6 aromatic rings. The Kier molecular flexibility index (Phi) is 18.7. The SMILES string of the molecule is CCCC(C)c1cc2c(-c3ccc(C(C)C)cc3)cccc2[cH-]1.CCc1cc2c(-c3ccc(C(C(F)(F)F)(C(F)(F)F)C(F)(F)F)cc3)cccc2[cH-]1.C[Si]C.[Cl][Zr+2][Cl]. The van der Waals surface area contributed by atoms with Gasteiger partial charge in [-0.25, -0.2) is 0 Å². The van der Waals surface area contributed by atoms with E-state index in [2.05, 4.69) is 95.4 Å². The Morgan fingerprint density at radius 2 is 1.05 bits per heavy atom. The van der Waals surface area contributed by atoms with Crippen LogP contribution in [0.3, 0.4) is 0 Å². The van der Waals surface area contributed by atoms with Gasteiger partial charge in [-0.05, 0) is 46.9 Å². The quantitative estimate of drug-likeness (QED) is 0.0810. The van der Waals surface area contributed by atoms with Crippen molar-refractivity contribution >= 4 is 48.1 Å². The van der Waals surface area contributed by atoms with Crippen LogP contribution in [0, 0.1) is 0 Å². The van der Waals surface area contributed by atoms with E-state index in [-0.39, 0.29) is 17.7 Å². The molecule has 0 amide bonds. The van der Waals surface area contributed by atoms with Crippen molar-refractivity contribution < 1.29 is 60.4 Å². The Morgan fingerprint density at radius 1 is 0.627 bits per heavy atom. The zero-order valence-corrected chi connectivity index (χ0v) is 38.8. The maximum absolute atomic E-state index is 13.3. The molecule has 0 aromatic heterocycles. The number of fused-ring (bicyclic) bond motifs is 2. The third kappa shape index (κ3) is 11.7. The molecular weight excluding hydrogens is 914 g/mol. The van der Waals surface area contributed by atoms with Crippen molar-refractivity contribution in [3.8, 4) is 22.3 Å². The fourth-order valence-corrected chi connectivity index (χ4v) is 7.07. The van der Waals surface area contributed by atoms with Crippen LogP contribution in [0.15, 0.2) is 109 Å². The molecule has 1 unspecified atom stereocenters. The average molecular weight is 961 g/mol. The van der Waals surface area contributed by atoms with Gasteiger partial charge in [-0.3, -0.25) is 0 Å². The Labute approximate surface area is 362 Å². The van der Waals surface area contributed by atoms with Gasteiger partial charge in [0.1, 0.15) is 0 Å². The first-order valence-electron chi connectivity index (χ1n) is 19.0. The van der Waals surface area contributed by atoms with Gasteiger partial charge in [0, 0.05) is 9.52 Å². The van der Waals surface area contributed by atoms with Gasteiger partial charge in [0.25, 0.3) is 5.41 Å². The summed E-state index contributed by atoms with van der Waals surface area (Å²) < 4.78 is 120. The summed E-state index contributed by atoms with van der Waals surface area (Å²) in [6.45, 7) is 15.3. The second-order valence-electron chi connectivity index (χ2n) is 14.5. The molecule has 0 bridgehead atoms. The van der Waals surface area contributed by atoms with Gasteiger partial charge in [-0.1, -0.05) is 126 Å². The van der Waals surface area contributed by atoms with E-state index < -0.39 is 50.4 Å². The fraction of sp³-hybridized carbons (Fsp3) is 0.348. The standard InChI is InChI=1S/C23H27.C21H14F9.C2H6Si.2ClH.Zr/c1-5-7-17(4)21-14-20-8-6-9-22(23(20)15-21)19-12-10-18(11-13-19)16(2)3;1-2-12-10-14-4-3-5-16(17(14)11-12)13-6-8-15(9-7-13)18(19(22,23)24,20(25,26)27)21(28,29)30;1-3-2;;;/h6,8-17H,5,7H2,1-4H3;3-11H,2H2,1H3;1-2H3;2*1H;/q2*-1;;;;+4/p-2. The molecule has 0 heterocycles. The van der Waals surface area contributed by atoms with Crippen molar-refractivity contribution in [3.05, 3.63) is 131 Å². The second-order valence-corrected chi connectivity index (χ2v) is 19.2. The van der Waals surface area contributed by atoms with Gasteiger partial charge in [-0.15, -0.1) is 69.1 Å². The topological polar surface area (TPSA) is 0 Å². The zero-order valence-electron chi connectivity index (χ0n) is 33.8. The normalized spacial score (nSPS) is 12.5. The van der Waals surface area contributed by atoms with Crippen LogP contribution in [0.5, 0.6) is 0 Å². The maximum atomic E-state index is 13.3. The summed E-state index contributed by atoms with van der Waals surface area (Å²) in [7, 11) is 11.0. The number of halogens is 11. The summed E-state index contributed by atoms with van der Waals surface area (Å²) in [5.74, 6) is 1.23. The van der Waals surface area contributed by atoms with Crippen molar-refractivity contribution in [3.63, 3.8) is 0 Å². The Bertz CT molecular complexity index is 2140. The third-order valence-corrected chi connectivity index (χ3v) is 10.1. The Morgan fingerprint density at radius 3 is 1.46 bits per heavy atom. The van der Waals surface area contributed by atoms with Gasteiger partial charge in [0.15, 0.2) is 0 Å². The van der Waals surface area contributed by atoms with E-state index in [1.54, 1.807) is 18.2 Å². The number of aryl methyl sites for hydroxylation is 1. The predicted octanol–water partition coefficient (Wildman–Crippen LogP) is 17.1. The second kappa shape index (κ2) is 21.8. The average Bonchev–Trinajstić information content (AvgIpc) is 3.80. The van der Waals surface area contributed by atoms with E-state index in [0.717, 1.165) is 32.6 Å². The van der Waals surface area contributed by atoms with Crippen LogP contribution in [0.1, 0.15) is 81.5 Å². The van der Waals surface area contributed by atoms with Crippen molar-refractivity contribution in [2.75, 3.05) is 0 Å². The van der Waals surface area contributed by atoms with Gasteiger partial charge in [0.2, 0.25) is 0 Å². The first-order chi connectivity index (χ1) is 27.7. The molecule has 316 valence electrons. The van der Waals surface area contributed by atoms with Crippen LogP contribution in [-0.2, 0) is 32.7 Å². The molecule has 0 spiro atoms. The van der Waals surface area contributed by atoms with E-state index >= 15 is 0 Å². The first kappa shape index (κ1) is 50.5. The molecule has 0 saturated carbocycles. The summed E-state index contributed by atoms with van der Waals surface area (Å²) in [4.78, 5) is 0. The van der Waals surface area contributed by atoms with Crippen LogP contribution in [0.4, 0.5) is 39.5 Å². The van der Waals surface area contributed by atoms with Gasteiger partial charge in [-0.2, -0.15) is 51.6 Å².